The minimum absolute atomic E-state index is 0.199. The molecule has 1 aliphatic carbocycles. The van der Waals surface area contributed by atoms with Crippen molar-refractivity contribution >= 4 is 17.5 Å². The van der Waals surface area contributed by atoms with E-state index in [1.54, 1.807) is 0 Å². The maximum absolute atomic E-state index is 12.3. The van der Waals surface area contributed by atoms with Crippen LogP contribution in [0.25, 0.3) is 0 Å². The van der Waals surface area contributed by atoms with Gasteiger partial charge in [0.2, 0.25) is 5.91 Å². The van der Waals surface area contributed by atoms with E-state index in [9.17, 15) is 4.79 Å². The van der Waals surface area contributed by atoms with E-state index in [0.29, 0.717) is 11.8 Å². The van der Waals surface area contributed by atoms with Crippen LogP contribution in [0.1, 0.15) is 24.9 Å². The predicted octanol–water partition coefficient (Wildman–Crippen LogP) is 2.47. The minimum atomic E-state index is 0.199. The van der Waals surface area contributed by atoms with Gasteiger partial charge in [0, 0.05) is 36.6 Å². The lowest BCUT2D eigenvalue weighted by Crippen LogP contribution is -2.48. The number of benzene rings is 1. The van der Waals surface area contributed by atoms with Gasteiger partial charge in [0.1, 0.15) is 0 Å². The number of carbonyl (C=O) groups excluding carboxylic acids is 1. The van der Waals surface area contributed by atoms with E-state index in [-0.39, 0.29) is 12.0 Å². The minimum Gasteiger partial charge on any atom is -0.339 e. The molecule has 1 heterocycles. The third-order valence-electron chi connectivity index (χ3n) is 4.16. The van der Waals surface area contributed by atoms with Crippen molar-refractivity contribution in [3.63, 3.8) is 0 Å². The van der Waals surface area contributed by atoms with Gasteiger partial charge in [0.05, 0.1) is 0 Å². The Morgan fingerprint density at radius 1 is 1.47 bits per heavy atom. The van der Waals surface area contributed by atoms with Crippen molar-refractivity contribution in [3.05, 3.63) is 34.9 Å². The molecule has 3 atom stereocenters. The number of hydrogen-bond acceptors (Lipinski definition) is 2. The second kappa shape index (κ2) is 5.14. The summed E-state index contributed by atoms with van der Waals surface area (Å²) in [4.78, 5) is 14.3. The summed E-state index contributed by atoms with van der Waals surface area (Å²) in [6.07, 6.45) is 1.06. The molecule has 1 amide bonds. The van der Waals surface area contributed by atoms with Crippen LogP contribution in [0, 0.1) is 11.8 Å². The zero-order chi connectivity index (χ0) is 13.4. The molecule has 0 unspecified atom stereocenters. The molecular formula is C15H19ClN2O. The fourth-order valence-electron chi connectivity index (χ4n) is 2.80. The van der Waals surface area contributed by atoms with Crippen molar-refractivity contribution in [2.75, 3.05) is 19.6 Å². The molecule has 1 N–H and O–H groups in total. The lowest BCUT2D eigenvalue weighted by molar-refractivity contribution is -0.134. The van der Waals surface area contributed by atoms with Gasteiger partial charge in [-0.2, -0.15) is 0 Å². The van der Waals surface area contributed by atoms with E-state index in [1.807, 2.05) is 23.1 Å². The Hall–Kier alpha value is -1.06. The highest BCUT2D eigenvalue weighted by Crippen LogP contribution is 2.39. The first kappa shape index (κ1) is 12.9. The molecule has 19 heavy (non-hydrogen) atoms. The van der Waals surface area contributed by atoms with Crippen LogP contribution < -0.4 is 5.32 Å². The molecule has 4 heteroatoms. The zero-order valence-electron chi connectivity index (χ0n) is 11.1. The summed E-state index contributed by atoms with van der Waals surface area (Å²) in [5.74, 6) is 1.19. The Morgan fingerprint density at radius 2 is 2.26 bits per heavy atom. The van der Waals surface area contributed by atoms with Crippen LogP contribution in [-0.4, -0.2) is 30.4 Å². The molecule has 1 aromatic carbocycles. The van der Waals surface area contributed by atoms with Crippen LogP contribution in [0.15, 0.2) is 24.3 Å². The third-order valence-corrected chi connectivity index (χ3v) is 4.40. The quantitative estimate of drug-likeness (QED) is 0.901. The standard InChI is InChI=1S/C15H19ClN2O/c1-10-7-13(10)15(19)18-6-5-17-14(9-18)11-3-2-4-12(16)8-11/h2-4,8,10,13-14,17H,5-7,9H2,1H3/t10-,13-,14+/m1/s1. The molecule has 0 bridgehead atoms. The van der Waals surface area contributed by atoms with Gasteiger partial charge >= 0.3 is 0 Å². The fraction of sp³-hybridized carbons (Fsp3) is 0.533. The number of hydrogen-bond donors (Lipinski definition) is 1. The van der Waals surface area contributed by atoms with Crippen LogP contribution >= 0.6 is 11.6 Å². The van der Waals surface area contributed by atoms with Crippen molar-refractivity contribution in [1.29, 1.82) is 0 Å². The smallest absolute Gasteiger partial charge is 0.226 e. The molecule has 0 aromatic heterocycles. The van der Waals surface area contributed by atoms with E-state index in [1.165, 1.54) is 0 Å². The molecule has 1 saturated carbocycles. The lowest BCUT2D eigenvalue weighted by Gasteiger charge is -2.34. The largest absolute Gasteiger partial charge is 0.339 e. The highest BCUT2D eigenvalue weighted by Gasteiger charge is 2.42. The summed E-state index contributed by atoms with van der Waals surface area (Å²) in [6, 6.07) is 8.08. The van der Waals surface area contributed by atoms with Gasteiger partial charge in [-0.05, 0) is 30.0 Å². The molecule has 3 nitrogen and oxygen atoms in total. The molecule has 2 fully saturated rings. The highest BCUT2D eigenvalue weighted by atomic mass is 35.5. The fourth-order valence-corrected chi connectivity index (χ4v) is 3.00. The molecule has 0 radical (unpaired) electrons. The number of amides is 1. The van der Waals surface area contributed by atoms with Crippen molar-refractivity contribution < 1.29 is 4.79 Å². The normalized spacial score (nSPS) is 30.2. The Labute approximate surface area is 118 Å². The summed E-state index contributed by atoms with van der Waals surface area (Å²) in [5, 5.41) is 4.21. The topological polar surface area (TPSA) is 32.3 Å². The van der Waals surface area contributed by atoms with Gasteiger partial charge in [0.15, 0.2) is 0 Å². The van der Waals surface area contributed by atoms with Gasteiger partial charge in [0.25, 0.3) is 0 Å². The number of halogens is 1. The van der Waals surface area contributed by atoms with Crippen LogP contribution in [-0.2, 0) is 4.79 Å². The van der Waals surface area contributed by atoms with Crippen molar-refractivity contribution in [2.24, 2.45) is 11.8 Å². The molecular weight excluding hydrogens is 260 g/mol. The Kier molecular flexibility index (Phi) is 3.50. The van der Waals surface area contributed by atoms with Crippen LogP contribution in [0.3, 0.4) is 0 Å². The first-order valence-corrected chi connectivity index (χ1v) is 7.30. The Bertz CT molecular complexity index is 491. The van der Waals surface area contributed by atoms with E-state index in [0.717, 1.165) is 36.6 Å². The second-order valence-corrected chi connectivity index (χ2v) is 6.10. The van der Waals surface area contributed by atoms with Gasteiger partial charge in [-0.25, -0.2) is 0 Å². The monoisotopic (exact) mass is 278 g/mol. The molecule has 1 aliphatic heterocycles. The number of carbonyl (C=O) groups is 1. The molecule has 3 rings (SSSR count). The number of piperazine rings is 1. The number of rotatable bonds is 2. The molecule has 102 valence electrons. The maximum atomic E-state index is 12.3. The second-order valence-electron chi connectivity index (χ2n) is 5.67. The van der Waals surface area contributed by atoms with Crippen LogP contribution in [0.2, 0.25) is 5.02 Å². The molecule has 1 aromatic rings. The third kappa shape index (κ3) is 2.77. The molecule has 1 saturated heterocycles. The Balaban J connectivity index is 1.69. The number of nitrogens with zero attached hydrogens (tertiary/aromatic N) is 1. The summed E-state index contributed by atoms with van der Waals surface area (Å²) in [5.41, 5.74) is 1.16. The van der Waals surface area contributed by atoms with E-state index < -0.39 is 0 Å². The average Bonchev–Trinajstić information content (AvgIpc) is 3.15. The van der Waals surface area contributed by atoms with Gasteiger partial charge in [-0.15, -0.1) is 0 Å². The van der Waals surface area contributed by atoms with Crippen molar-refractivity contribution in [2.45, 2.75) is 19.4 Å². The molecule has 2 aliphatic rings. The SMILES string of the molecule is C[C@@H]1C[C@H]1C(=O)N1CCN[C@H](c2cccc(Cl)c2)C1. The highest BCUT2D eigenvalue weighted by molar-refractivity contribution is 6.30. The predicted molar refractivity (Wildman–Crippen MR) is 76.0 cm³/mol. The maximum Gasteiger partial charge on any atom is 0.226 e. The van der Waals surface area contributed by atoms with Crippen molar-refractivity contribution in [3.8, 4) is 0 Å². The van der Waals surface area contributed by atoms with Crippen LogP contribution in [0.5, 0.6) is 0 Å². The van der Waals surface area contributed by atoms with Gasteiger partial charge in [-0.3, -0.25) is 4.79 Å². The van der Waals surface area contributed by atoms with Gasteiger partial charge < -0.3 is 10.2 Å². The molecule has 0 spiro atoms. The van der Waals surface area contributed by atoms with Crippen LogP contribution in [0.4, 0.5) is 0 Å². The zero-order valence-corrected chi connectivity index (χ0v) is 11.9. The first-order valence-electron chi connectivity index (χ1n) is 6.93. The van der Waals surface area contributed by atoms with E-state index in [4.69, 9.17) is 11.6 Å². The summed E-state index contributed by atoms with van der Waals surface area (Å²) >= 11 is 6.03. The van der Waals surface area contributed by atoms with Crippen molar-refractivity contribution in [1.82, 2.24) is 10.2 Å². The first-order chi connectivity index (χ1) is 9.15. The average molecular weight is 279 g/mol. The summed E-state index contributed by atoms with van der Waals surface area (Å²) < 4.78 is 0. The van der Waals surface area contributed by atoms with Gasteiger partial charge in [-0.1, -0.05) is 30.7 Å². The van der Waals surface area contributed by atoms with E-state index in [2.05, 4.69) is 18.3 Å². The van der Waals surface area contributed by atoms with E-state index >= 15 is 0 Å². The number of nitrogens with one attached hydrogen (secondary N) is 1. The lowest BCUT2D eigenvalue weighted by atomic mass is 10.0. The Morgan fingerprint density at radius 3 is 2.95 bits per heavy atom. The summed E-state index contributed by atoms with van der Waals surface area (Å²) in [7, 11) is 0. The summed E-state index contributed by atoms with van der Waals surface area (Å²) in [6.45, 7) is 4.57.